The summed E-state index contributed by atoms with van der Waals surface area (Å²) in [4.78, 5) is 0. The third-order valence-electron chi connectivity index (χ3n) is 2.54. The number of aromatic nitrogens is 2. The number of nitrogens with zero attached hydrogens (tertiary/aromatic N) is 3. The van der Waals surface area contributed by atoms with Crippen LogP contribution in [0.5, 0.6) is 0 Å². The first-order valence-corrected chi connectivity index (χ1v) is 5.74. The van der Waals surface area contributed by atoms with E-state index in [1.54, 1.807) is 18.3 Å². The molecule has 2 aromatic rings. The van der Waals surface area contributed by atoms with E-state index in [1.807, 2.05) is 16.9 Å². The summed E-state index contributed by atoms with van der Waals surface area (Å²) in [7, 11) is 0. The summed E-state index contributed by atoms with van der Waals surface area (Å²) in [5, 5.41) is 13.6. The van der Waals surface area contributed by atoms with Crippen molar-refractivity contribution in [2.45, 2.75) is 19.9 Å². The lowest BCUT2D eigenvalue weighted by Gasteiger charge is -2.04. The number of rotatable bonds is 2. The van der Waals surface area contributed by atoms with Gasteiger partial charge in [0.15, 0.2) is 0 Å². The Morgan fingerprint density at radius 2 is 2.18 bits per heavy atom. The van der Waals surface area contributed by atoms with Gasteiger partial charge in [-0.2, -0.15) is 10.4 Å². The number of benzene rings is 1. The number of nitriles is 1. The third kappa shape index (κ3) is 2.32. The van der Waals surface area contributed by atoms with Crippen LogP contribution in [0.15, 0.2) is 30.6 Å². The first-order valence-electron chi connectivity index (χ1n) is 5.36. The lowest BCUT2D eigenvalue weighted by molar-refractivity contribution is 0.532. The topological polar surface area (TPSA) is 41.6 Å². The fourth-order valence-corrected chi connectivity index (χ4v) is 1.87. The van der Waals surface area contributed by atoms with Gasteiger partial charge in [0.1, 0.15) is 0 Å². The lowest BCUT2D eigenvalue weighted by atomic mass is 10.1. The summed E-state index contributed by atoms with van der Waals surface area (Å²) < 4.78 is 1.88. The predicted molar refractivity (Wildman–Crippen MR) is 67.8 cm³/mol. The Balaban J connectivity index is 2.43. The smallest absolute Gasteiger partial charge is 0.0992 e. The first-order chi connectivity index (χ1) is 8.11. The average Bonchev–Trinajstić information content (AvgIpc) is 2.78. The molecule has 0 aliphatic heterocycles. The summed E-state index contributed by atoms with van der Waals surface area (Å²) in [5.74, 6) is 0. The van der Waals surface area contributed by atoms with Crippen LogP contribution < -0.4 is 0 Å². The van der Waals surface area contributed by atoms with Crippen LogP contribution in [0.25, 0.3) is 11.1 Å². The average molecular weight is 246 g/mol. The molecule has 0 unspecified atom stereocenters. The maximum absolute atomic E-state index is 8.78. The van der Waals surface area contributed by atoms with E-state index in [-0.39, 0.29) is 0 Å². The van der Waals surface area contributed by atoms with E-state index >= 15 is 0 Å². The highest BCUT2D eigenvalue weighted by Gasteiger charge is 2.08. The zero-order valence-electron chi connectivity index (χ0n) is 9.68. The van der Waals surface area contributed by atoms with Crippen LogP contribution in [-0.2, 0) is 0 Å². The molecule has 0 aliphatic rings. The molecule has 1 heterocycles. The fourth-order valence-electron chi connectivity index (χ4n) is 1.58. The van der Waals surface area contributed by atoms with Gasteiger partial charge in [-0.1, -0.05) is 17.7 Å². The quantitative estimate of drug-likeness (QED) is 0.810. The highest BCUT2D eigenvalue weighted by atomic mass is 35.5. The predicted octanol–water partition coefficient (Wildman–Crippen LogP) is 3.66. The minimum atomic E-state index is 0.320. The Morgan fingerprint density at radius 3 is 2.71 bits per heavy atom. The van der Waals surface area contributed by atoms with E-state index in [2.05, 4.69) is 25.0 Å². The molecule has 86 valence electrons. The van der Waals surface area contributed by atoms with Crippen molar-refractivity contribution in [1.82, 2.24) is 9.78 Å². The van der Waals surface area contributed by atoms with E-state index in [9.17, 15) is 0 Å². The second-order valence-electron chi connectivity index (χ2n) is 4.11. The van der Waals surface area contributed by atoms with Gasteiger partial charge in [-0.05, 0) is 26.0 Å². The summed E-state index contributed by atoms with van der Waals surface area (Å²) in [5.41, 5.74) is 2.43. The van der Waals surface area contributed by atoms with E-state index in [0.29, 0.717) is 16.6 Å². The summed E-state index contributed by atoms with van der Waals surface area (Å²) in [6.45, 7) is 4.13. The highest BCUT2D eigenvalue weighted by molar-refractivity contribution is 6.33. The molecule has 17 heavy (non-hydrogen) atoms. The Labute approximate surface area is 105 Å². The van der Waals surface area contributed by atoms with E-state index in [4.69, 9.17) is 16.9 Å². The van der Waals surface area contributed by atoms with Crippen LogP contribution in [0, 0.1) is 11.3 Å². The maximum Gasteiger partial charge on any atom is 0.0992 e. The Morgan fingerprint density at radius 1 is 1.41 bits per heavy atom. The molecule has 0 saturated heterocycles. The molecule has 0 atom stereocenters. The summed E-state index contributed by atoms with van der Waals surface area (Å²) >= 11 is 6.14. The van der Waals surface area contributed by atoms with Gasteiger partial charge in [0.2, 0.25) is 0 Å². The van der Waals surface area contributed by atoms with Gasteiger partial charge in [-0.25, -0.2) is 0 Å². The normalized spacial score (nSPS) is 10.5. The van der Waals surface area contributed by atoms with Crippen molar-refractivity contribution in [3.8, 4) is 17.2 Å². The molecule has 0 amide bonds. The van der Waals surface area contributed by atoms with E-state index in [0.717, 1.165) is 11.1 Å². The van der Waals surface area contributed by atoms with Crippen LogP contribution in [0.3, 0.4) is 0 Å². The zero-order chi connectivity index (χ0) is 12.4. The minimum Gasteiger partial charge on any atom is -0.270 e. The van der Waals surface area contributed by atoms with Gasteiger partial charge in [0.05, 0.1) is 17.8 Å². The highest BCUT2D eigenvalue weighted by Crippen LogP contribution is 2.28. The molecule has 1 aromatic heterocycles. The summed E-state index contributed by atoms with van der Waals surface area (Å²) in [6, 6.07) is 7.66. The summed E-state index contributed by atoms with van der Waals surface area (Å²) in [6.07, 6.45) is 3.74. The van der Waals surface area contributed by atoms with Gasteiger partial charge in [0, 0.05) is 28.4 Å². The van der Waals surface area contributed by atoms with E-state index < -0.39 is 0 Å². The van der Waals surface area contributed by atoms with Crippen LogP contribution in [-0.4, -0.2) is 9.78 Å². The van der Waals surface area contributed by atoms with Crippen molar-refractivity contribution in [2.24, 2.45) is 0 Å². The molecule has 0 bridgehead atoms. The fraction of sp³-hybridized carbons (Fsp3) is 0.231. The van der Waals surface area contributed by atoms with E-state index in [1.165, 1.54) is 0 Å². The molecule has 0 spiro atoms. The standard InChI is InChI=1S/C13H12ClN3/c1-9(2)17-8-11(7-16-17)12-4-3-10(6-15)5-13(12)14/h3-5,7-9H,1-2H3. The van der Waals surface area contributed by atoms with Gasteiger partial charge < -0.3 is 0 Å². The molecule has 2 rings (SSSR count). The minimum absolute atomic E-state index is 0.320. The molecule has 4 heteroatoms. The zero-order valence-corrected chi connectivity index (χ0v) is 10.4. The molecule has 1 aromatic carbocycles. The number of hydrogen-bond acceptors (Lipinski definition) is 2. The lowest BCUT2D eigenvalue weighted by Crippen LogP contribution is -1.99. The number of halogens is 1. The second-order valence-corrected chi connectivity index (χ2v) is 4.52. The van der Waals surface area contributed by atoms with Gasteiger partial charge in [-0.3, -0.25) is 4.68 Å². The van der Waals surface area contributed by atoms with Crippen molar-refractivity contribution < 1.29 is 0 Å². The molecular formula is C13H12ClN3. The Kier molecular flexibility index (Phi) is 3.16. The first kappa shape index (κ1) is 11.7. The van der Waals surface area contributed by atoms with Crippen LogP contribution >= 0.6 is 11.6 Å². The monoisotopic (exact) mass is 245 g/mol. The molecule has 0 saturated carbocycles. The maximum atomic E-state index is 8.78. The molecule has 0 N–H and O–H groups in total. The Bertz CT molecular complexity index is 579. The molecule has 0 radical (unpaired) electrons. The van der Waals surface area contributed by atoms with Crippen LogP contribution in [0.2, 0.25) is 5.02 Å². The van der Waals surface area contributed by atoms with Crippen LogP contribution in [0.4, 0.5) is 0 Å². The second kappa shape index (κ2) is 4.60. The van der Waals surface area contributed by atoms with Gasteiger partial charge in [-0.15, -0.1) is 0 Å². The van der Waals surface area contributed by atoms with Gasteiger partial charge in [0.25, 0.3) is 0 Å². The van der Waals surface area contributed by atoms with Crippen molar-refractivity contribution >= 4 is 11.6 Å². The molecule has 3 nitrogen and oxygen atoms in total. The molecular weight excluding hydrogens is 234 g/mol. The third-order valence-corrected chi connectivity index (χ3v) is 2.85. The number of hydrogen-bond donors (Lipinski definition) is 0. The van der Waals surface area contributed by atoms with Crippen LogP contribution in [0.1, 0.15) is 25.5 Å². The van der Waals surface area contributed by atoms with Crippen molar-refractivity contribution in [1.29, 1.82) is 5.26 Å². The van der Waals surface area contributed by atoms with Crippen molar-refractivity contribution in [2.75, 3.05) is 0 Å². The Hall–Kier alpha value is -1.79. The van der Waals surface area contributed by atoms with Gasteiger partial charge >= 0.3 is 0 Å². The van der Waals surface area contributed by atoms with Crippen molar-refractivity contribution in [3.63, 3.8) is 0 Å². The SMILES string of the molecule is CC(C)n1cc(-c2ccc(C#N)cc2Cl)cn1. The largest absolute Gasteiger partial charge is 0.270 e. The molecule has 0 fully saturated rings. The van der Waals surface area contributed by atoms with Crippen molar-refractivity contribution in [3.05, 3.63) is 41.2 Å². The molecule has 0 aliphatic carbocycles.